The molecule has 0 atom stereocenters. The Morgan fingerprint density at radius 1 is 0.768 bits per heavy atom. The number of imide groups is 1. The lowest BCUT2D eigenvalue weighted by Crippen LogP contribution is -2.43. The molecule has 4 amide bonds. The van der Waals surface area contributed by atoms with Crippen molar-refractivity contribution in [2.75, 3.05) is 11.1 Å². The second-order valence-corrected chi connectivity index (χ2v) is 18.9. The number of carbonyl (C=O) groups excluding carboxylic acids is 4. The molecule has 0 aliphatic rings. The Balaban J connectivity index is 0.000000277. The average molecular weight is 984 g/mol. The number of amides is 4. The third kappa shape index (κ3) is 15.8. The highest BCUT2D eigenvalue weighted by Gasteiger charge is 2.31. The Bertz CT molecular complexity index is 2910. The number of nitrogens with zero attached hydrogens (tertiary/aromatic N) is 5. The summed E-state index contributed by atoms with van der Waals surface area (Å²) in [5, 5.41) is 14.0. The molecule has 6 rings (SSSR count). The second kappa shape index (κ2) is 22.6. The van der Waals surface area contributed by atoms with Crippen LogP contribution < -0.4 is 27.2 Å². The summed E-state index contributed by atoms with van der Waals surface area (Å²) >= 11 is 9.73. The number of hydrogen-bond acceptors (Lipinski definition) is 16. The van der Waals surface area contributed by atoms with Gasteiger partial charge in [-0.25, -0.2) is 29.8 Å². The van der Waals surface area contributed by atoms with Gasteiger partial charge < -0.3 is 40.2 Å². The van der Waals surface area contributed by atoms with Crippen LogP contribution >= 0.6 is 24.4 Å². The van der Waals surface area contributed by atoms with Crippen LogP contribution in [0.25, 0.3) is 34.0 Å². The molecule has 7 N–H and O–H groups in total. The van der Waals surface area contributed by atoms with E-state index in [0.717, 1.165) is 21.6 Å². The molecular formula is C47H57N11O9S2. The number of aromatic nitrogens is 6. The molecule has 20 nitrogen and oxygen atoms in total. The second-order valence-electron chi connectivity index (χ2n) is 18.2. The first-order valence-electron chi connectivity index (χ1n) is 21.7. The van der Waals surface area contributed by atoms with E-state index in [1.807, 2.05) is 52.0 Å². The molecule has 22 heteroatoms. The molecule has 0 fully saturated rings. The number of benzene rings is 3. The normalized spacial score (nSPS) is 11.4. The molecule has 0 aliphatic carbocycles. The highest BCUT2D eigenvalue weighted by atomic mass is 32.1. The molecular weight excluding hydrogens is 927 g/mol. The van der Waals surface area contributed by atoms with Crippen molar-refractivity contribution in [3.63, 3.8) is 0 Å². The van der Waals surface area contributed by atoms with E-state index in [1.54, 1.807) is 84.0 Å². The van der Waals surface area contributed by atoms with Crippen molar-refractivity contribution in [2.45, 2.75) is 112 Å². The summed E-state index contributed by atoms with van der Waals surface area (Å²) in [5.74, 6) is 0.422. The summed E-state index contributed by atoms with van der Waals surface area (Å²) in [4.78, 5) is 77.9. The fourth-order valence-corrected chi connectivity index (χ4v) is 6.46. The monoisotopic (exact) mass is 983 g/mol. The molecule has 0 saturated carbocycles. The summed E-state index contributed by atoms with van der Waals surface area (Å²) in [7, 11) is 0. The van der Waals surface area contributed by atoms with E-state index < -0.39 is 28.9 Å². The summed E-state index contributed by atoms with van der Waals surface area (Å²) in [5.41, 5.74) is 8.73. The lowest BCUT2D eigenvalue weighted by atomic mass is 10.1. The van der Waals surface area contributed by atoms with Gasteiger partial charge in [0.2, 0.25) is 5.91 Å². The van der Waals surface area contributed by atoms with Gasteiger partial charge in [0.25, 0.3) is 11.5 Å². The Labute approximate surface area is 408 Å². The zero-order valence-electron chi connectivity index (χ0n) is 40.0. The van der Waals surface area contributed by atoms with Crippen molar-refractivity contribution in [3.05, 3.63) is 110 Å². The van der Waals surface area contributed by atoms with Gasteiger partial charge in [0.1, 0.15) is 17.7 Å². The maximum Gasteiger partial charge on any atom is 0.420 e. The van der Waals surface area contributed by atoms with Crippen molar-refractivity contribution >= 4 is 59.9 Å². The molecule has 0 unspecified atom stereocenters. The summed E-state index contributed by atoms with van der Waals surface area (Å²) < 4.78 is 21.9. The van der Waals surface area contributed by atoms with Crippen LogP contribution in [0.15, 0.2) is 86.8 Å². The first kappa shape index (κ1) is 52.5. The predicted octanol–water partition coefficient (Wildman–Crippen LogP) is 8.55. The van der Waals surface area contributed by atoms with Crippen molar-refractivity contribution in [1.82, 2.24) is 45.4 Å². The molecule has 0 saturated heterocycles. The standard InChI is InChI=1S/C28H32N8O4S.C19H25N3O5S/c1-15(2)32-25-27(39)36(22(13-31-25)19-9-20(11-21(29)10-19)26(38)33-16(3)4)14-23(37)30-12-17-5-7-18(8-6-17)24-34-28(41)40-35-24;1-18(2,3)25-16(23)22(17(24)26-19(4,5)6)11-12-7-9-13(10-8-12)14-20-15(28)27-21-14/h5-11,13,15-16H,12,14,29H2,1-4H3,(H,30,37)(H,31,32)(H,33,38)(H,34,35,41);7-10H,11H2,1-6H3,(H,20,21,28). The van der Waals surface area contributed by atoms with Gasteiger partial charge in [-0.3, -0.25) is 19.0 Å². The van der Waals surface area contributed by atoms with E-state index in [4.69, 9.17) is 48.7 Å². The first-order valence-corrected chi connectivity index (χ1v) is 22.5. The van der Waals surface area contributed by atoms with Crippen molar-refractivity contribution in [2.24, 2.45) is 0 Å². The minimum Gasteiger partial charge on any atom is -0.443 e. The van der Waals surface area contributed by atoms with Gasteiger partial charge in [0.15, 0.2) is 17.5 Å². The van der Waals surface area contributed by atoms with Gasteiger partial charge in [-0.15, -0.1) is 0 Å². The van der Waals surface area contributed by atoms with Crippen molar-refractivity contribution in [1.29, 1.82) is 0 Å². The Kier molecular flexibility index (Phi) is 17.2. The third-order valence-electron chi connectivity index (χ3n) is 9.10. The molecule has 0 bridgehead atoms. The first-order chi connectivity index (χ1) is 32.3. The van der Waals surface area contributed by atoms with E-state index >= 15 is 0 Å². The molecule has 69 heavy (non-hydrogen) atoms. The number of aromatic amines is 2. The number of nitrogens with two attached hydrogens (primary N) is 1. The topological polar surface area (TPSA) is 271 Å². The van der Waals surface area contributed by atoms with Crippen LogP contribution in [-0.4, -0.2) is 82.0 Å². The molecule has 3 aromatic heterocycles. The van der Waals surface area contributed by atoms with E-state index in [-0.39, 0.29) is 59.0 Å². The average Bonchev–Trinajstić information content (AvgIpc) is 3.90. The Hall–Kier alpha value is -7.46. The zero-order valence-corrected chi connectivity index (χ0v) is 41.6. The largest absolute Gasteiger partial charge is 0.443 e. The van der Waals surface area contributed by atoms with Crippen molar-refractivity contribution in [3.8, 4) is 34.0 Å². The van der Waals surface area contributed by atoms with Crippen molar-refractivity contribution < 1.29 is 37.7 Å². The number of rotatable bonds is 13. The highest BCUT2D eigenvalue weighted by molar-refractivity contribution is 7.71. The lowest BCUT2D eigenvalue weighted by Gasteiger charge is -2.28. The van der Waals surface area contributed by atoms with Crippen LogP contribution in [0.3, 0.4) is 0 Å². The quantitative estimate of drug-likeness (QED) is 0.0467. The van der Waals surface area contributed by atoms with Crippen LogP contribution in [-0.2, 0) is 33.9 Å². The summed E-state index contributed by atoms with van der Waals surface area (Å²) in [6.45, 7) is 17.8. The van der Waals surface area contributed by atoms with Crippen LogP contribution in [0, 0.1) is 9.67 Å². The fraction of sp³-hybridized carbons (Fsp3) is 0.362. The molecule has 3 aromatic carbocycles. The predicted molar refractivity (Wildman–Crippen MR) is 264 cm³/mol. The van der Waals surface area contributed by atoms with Gasteiger partial charge in [-0.05, 0) is 123 Å². The number of H-pyrrole nitrogens is 2. The minimum absolute atomic E-state index is 0.00107. The summed E-state index contributed by atoms with van der Waals surface area (Å²) in [6.07, 6.45) is -0.0514. The van der Waals surface area contributed by atoms with Gasteiger partial charge in [0.05, 0.1) is 18.4 Å². The summed E-state index contributed by atoms with van der Waals surface area (Å²) in [6, 6.07) is 19.1. The number of anilines is 2. The van der Waals surface area contributed by atoms with Crippen LogP contribution in [0.1, 0.15) is 90.7 Å². The van der Waals surface area contributed by atoms with Gasteiger partial charge in [0, 0.05) is 46.6 Å². The fourth-order valence-electron chi connectivity index (χ4n) is 6.20. The van der Waals surface area contributed by atoms with Gasteiger partial charge in [-0.1, -0.05) is 48.5 Å². The Morgan fingerprint density at radius 2 is 1.29 bits per heavy atom. The third-order valence-corrected chi connectivity index (χ3v) is 9.45. The smallest absolute Gasteiger partial charge is 0.420 e. The SMILES string of the molecule is CC(C)(C)OC(=O)N(Cc1ccc(-c2nc(=S)o[nH]2)cc1)C(=O)OC(C)(C)C.CC(C)NC(=O)c1cc(N)cc(-c2cnc(NC(C)C)c(=O)n2CC(=O)NCc2ccc(-c3nc(=S)o[nH]3)cc2)c1. The van der Waals surface area contributed by atoms with Crippen LogP contribution in [0.5, 0.6) is 0 Å². The molecule has 3 heterocycles. The van der Waals surface area contributed by atoms with E-state index in [1.165, 1.54) is 10.8 Å². The number of nitrogen functional groups attached to an aromatic ring is 1. The molecule has 6 aromatic rings. The maximum absolute atomic E-state index is 13.5. The molecule has 0 radical (unpaired) electrons. The number of hydrogen-bond donors (Lipinski definition) is 6. The zero-order chi connectivity index (χ0) is 50.8. The number of carbonyl (C=O) groups is 4. The highest BCUT2D eigenvalue weighted by Crippen LogP contribution is 2.25. The van der Waals surface area contributed by atoms with E-state index in [2.05, 4.69) is 41.2 Å². The van der Waals surface area contributed by atoms with E-state index in [9.17, 15) is 24.0 Å². The Morgan fingerprint density at radius 3 is 1.75 bits per heavy atom. The maximum atomic E-state index is 13.5. The van der Waals surface area contributed by atoms with Gasteiger partial charge in [-0.2, -0.15) is 9.97 Å². The van der Waals surface area contributed by atoms with E-state index in [0.29, 0.717) is 39.7 Å². The van der Waals surface area contributed by atoms with Crippen LogP contribution in [0.4, 0.5) is 21.1 Å². The molecule has 0 aliphatic heterocycles. The lowest BCUT2D eigenvalue weighted by molar-refractivity contribution is -0.121. The molecule has 0 spiro atoms. The number of nitrogens with one attached hydrogen (secondary N) is 5. The minimum atomic E-state index is -0.772. The molecule has 366 valence electrons. The van der Waals surface area contributed by atoms with Crippen LogP contribution in [0.2, 0.25) is 0 Å². The number of ether oxygens (including phenoxy) is 2. The van der Waals surface area contributed by atoms with Gasteiger partial charge >= 0.3 is 21.9 Å².